The number of rotatable bonds is 3. The predicted octanol–water partition coefficient (Wildman–Crippen LogP) is 3.80. The zero-order valence-corrected chi connectivity index (χ0v) is 12.3. The SMILES string of the molecule is CC1(C)C(C(NN)c2c(Cl)ccc(F)c2F)C1(C)C. The smallest absolute Gasteiger partial charge is 0.165 e. The second kappa shape index (κ2) is 4.40. The standard InChI is InChI=1S/C14H19ClF2N2/c1-13(2)12(14(13,3)4)11(19-18)9-7(15)5-6-8(16)10(9)17/h5-6,11-12,19H,18H2,1-4H3. The van der Waals surface area contributed by atoms with Gasteiger partial charge in [-0.1, -0.05) is 39.3 Å². The van der Waals surface area contributed by atoms with Crippen molar-refractivity contribution in [1.82, 2.24) is 5.43 Å². The maximum absolute atomic E-state index is 14.0. The fraction of sp³-hybridized carbons (Fsp3) is 0.571. The van der Waals surface area contributed by atoms with E-state index in [9.17, 15) is 8.78 Å². The van der Waals surface area contributed by atoms with Crippen molar-refractivity contribution in [3.05, 3.63) is 34.4 Å². The first kappa shape index (κ1) is 14.7. The van der Waals surface area contributed by atoms with Crippen LogP contribution in [0.3, 0.4) is 0 Å². The quantitative estimate of drug-likeness (QED) is 0.504. The number of halogens is 3. The van der Waals surface area contributed by atoms with Crippen LogP contribution in [0.1, 0.15) is 39.3 Å². The van der Waals surface area contributed by atoms with Crippen LogP contribution in [0.5, 0.6) is 0 Å². The molecule has 0 aromatic heterocycles. The normalized spacial score (nSPS) is 22.3. The van der Waals surface area contributed by atoms with Crippen molar-refractivity contribution >= 4 is 11.6 Å². The Labute approximate surface area is 117 Å². The molecule has 1 unspecified atom stereocenters. The van der Waals surface area contributed by atoms with Gasteiger partial charge in [-0.15, -0.1) is 0 Å². The van der Waals surface area contributed by atoms with Crippen LogP contribution in [0.2, 0.25) is 5.02 Å². The zero-order chi connectivity index (χ0) is 14.6. The van der Waals surface area contributed by atoms with Gasteiger partial charge in [0.15, 0.2) is 11.6 Å². The van der Waals surface area contributed by atoms with Gasteiger partial charge < -0.3 is 0 Å². The summed E-state index contributed by atoms with van der Waals surface area (Å²) in [5, 5.41) is 0.195. The first-order valence-corrected chi connectivity index (χ1v) is 6.63. The summed E-state index contributed by atoms with van der Waals surface area (Å²) in [5.74, 6) is 3.83. The van der Waals surface area contributed by atoms with Crippen LogP contribution in [0.4, 0.5) is 8.78 Å². The van der Waals surface area contributed by atoms with Crippen LogP contribution in [-0.2, 0) is 0 Å². The fourth-order valence-electron chi connectivity index (χ4n) is 3.25. The summed E-state index contributed by atoms with van der Waals surface area (Å²) in [4.78, 5) is 0. The van der Waals surface area contributed by atoms with E-state index in [2.05, 4.69) is 33.1 Å². The first-order valence-electron chi connectivity index (χ1n) is 6.25. The van der Waals surface area contributed by atoms with E-state index in [1.807, 2.05) is 0 Å². The van der Waals surface area contributed by atoms with Crippen molar-refractivity contribution in [2.45, 2.75) is 33.7 Å². The van der Waals surface area contributed by atoms with Crippen molar-refractivity contribution in [2.24, 2.45) is 22.6 Å². The van der Waals surface area contributed by atoms with Gasteiger partial charge in [0.1, 0.15) is 0 Å². The minimum Gasteiger partial charge on any atom is -0.271 e. The highest BCUT2D eigenvalue weighted by atomic mass is 35.5. The van der Waals surface area contributed by atoms with E-state index in [0.29, 0.717) is 0 Å². The molecule has 19 heavy (non-hydrogen) atoms. The molecule has 5 heteroatoms. The van der Waals surface area contributed by atoms with Gasteiger partial charge in [-0.25, -0.2) is 8.78 Å². The highest BCUT2D eigenvalue weighted by molar-refractivity contribution is 6.31. The molecule has 2 nitrogen and oxygen atoms in total. The molecular weight excluding hydrogens is 270 g/mol. The van der Waals surface area contributed by atoms with Crippen LogP contribution >= 0.6 is 11.6 Å². The molecule has 1 aliphatic carbocycles. The van der Waals surface area contributed by atoms with Crippen molar-refractivity contribution in [3.63, 3.8) is 0 Å². The summed E-state index contributed by atoms with van der Waals surface area (Å²) in [5.41, 5.74) is 2.68. The van der Waals surface area contributed by atoms with Crippen LogP contribution in [0.15, 0.2) is 12.1 Å². The fourth-order valence-corrected chi connectivity index (χ4v) is 3.52. The van der Waals surface area contributed by atoms with Crippen molar-refractivity contribution in [1.29, 1.82) is 0 Å². The minimum atomic E-state index is -0.922. The Morgan fingerprint density at radius 2 is 1.74 bits per heavy atom. The van der Waals surface area contributed by atoms with Gasteiger partial charge in [-0.3, -0.25) is 11.3 Å². The molecule has 0 radical (unpaired) electrons. The number of nitrogens with two attached hydrogens (primary N) is 1. The summed E-state index contributed by atoms with van der Waals surface area (Å²) < 4.78 is 27.5. The highest BCUT2D eigenvalue weighted by Crippen LogP contribution is 2.72. The summed E-state index contributed by atoms with van der Waals surface area (Å²) in [6.07, 6.45) is 0. The van der Waals surface area contributed by atoms with Crippen molar-refractivity contribution in [2.75, 3.05) is 0 Å². The van der Waals surface area contributed by atoms with E-state index < -0.39 is 17.7 Å². The summed E-state index contributed by atoms with van der Waals surface area (Å²) in [6, 6.07) is 1.88. The van der Waals surface area contributed by atoms with E-state index in [4.69, 9.17) is 17.4 Å². The highest BCUT2D eigenvalue weighted by Gasteiger charge is 2.67. The Bertz CT molecular complexity index is 500. The topological polar surface area (TPSA) is 38.0 Å². The molecule has 3 N–H and O–H groups in total. The van der Waals surface area contributed by atoms with Crippen LogP contribution in [0.25, 0.3) is 0 Å². The molecule has 2 rings (SSSR count). The number of nitrogens with one attached hydrogen (secondary N) is 1. The van der Waals surface area contributed by atoms with Gasteiger partial charge in [0.05, 0.1) is 6.04 Å². The van der Waals surface area contributed by atoms with Gasteiger partial charge in [-0.2, -0.15) is 0 Å². The number of hydrogen-bond donors (Lipinski definition) is 2. The van der Waals surface area contributed by atoms with Gasteiger partial charge >= 0.3 is 0 Å². The van der Waals surface area contributed by atoms with E-state index in [-0.39, 0.29) is 27.3 Å². The van der Waals surface area contributed by atoms with E-state index in [1.54, 1.807) is 0 Å². The Morgan fingerprint density at radius 1 is 1.21 bits per heavy atom. The van der Waals surface area contributed by atoms with Crippen molar-refractivity contribution in [3.8, 4) is 0 Å². The Kier molecular flexibility index (Phi) is 3.40. The van der Waals surface area contributed by atoms with E-state index in [1.165, 1.54) is 6.07 Å². The number of hydrazine groups is 1. The molecule has 1 aromatic carbocycles. The number of hydrogen-bond acceptors (Lipinski definition) is 2. The van der Waals surface area contributed by atoms with E-state index >= 15 is 0 Å². The average molecular weight is 289 g/mol. The summed E-state index contributed by atoms with van der Waals surface area (Å²) >= 11 is 6.03. The third-order valence-corrected chi connectivity index (χ3v) is 5.37. The lowest BCUT2D eigenvalue weighted by atomic mass is 9.96. The molecule has 1 saturated carbocycles. The van der Waals surface area contributed by atoms with Crippen LogP contribution < -0.4 is 11.3 Å². The lowest BCUT2D eigenvalue weighted by molar-refractivity contribution is 0.392. The molecule has 0 aliphatic heterocycles. The molecule has 1 atom stereocenters. The summed E-state index contributed by atoms with van der Waals surface area (Å²) in [6.45, 7) is 8.36. The predicted molar refractivity (Wildman–Crippen MR) is 72.5 cm³/mol. The average Bonchev–Trinajstić information content (AvgIpc) is 2.71. The maximum atomic E-state index is 14.0. The lowest BCUT2D eigenvalue weighted by Crippen LogP contribution is -2.32. The minimum absolute atomic E-state index is 0.0217. The van der Waals surface area contributed by atoms with Crippen LogP contribution in [-0.4, -0.2) is 0 Å². The Hall–Kier alpha value is -0.710. The number of benzene rings is 1. The molecule has 1 fully saturated rings. The second-order valence-electron chi connectivity index (χ2n) is 6.32. The first-order chi connectivity index (χ1) is 8.66. The molecule has 106 valence electrons. The van der Waals surface area contributed by atoms with Gasteiger partial charge in [0.2, 0.25) is 0 Å². The molecule has 0 heterocycles. The molecule has 1 aromatic rings. The molecule has 0 amide bonds. The van der Waals surface area contributed by atoms with Gasteiger partial charge in [0.25, 0.3) is 0 Å². The van der Waals surface area contributed by atoms with Crippen LogP contribution in [0, 0.1) is 28.4 Å². The zero-order valence-electron chi connectivity index (χ0n) is 11.5. The molecule has 0 saturated heterocycles. The summed E-state index contributed by atoms with van der Waals surface area (Å²) in [7, 11) is 0. The largest absolute Gasteiger partial charge is 0.271 e. The monoisotopic (exact) mass is 288 g/mol. The third kappa shape index (κ3) is 1.97. The molecule has 0 bridgehead atoms. The lowest BCUT2D eigenvalue weighted by Gasteiger charge is -2.21. The van der Waals surface area contributed by atoms with Gasteiger partial charge in [0, 0.05) is 10.6 Å². The van der Waals surface area contributed by atoms with Crippen molar-refractivity contribution < 1.29 is 8.78 Å². The second-order valence-corrected chi connectivity index (χ2v) is 6.73. The molecule has 1 aliphatic rings. The Morgan fingerprint density at radius 3 is 2.16 bits per heavy atom. The van der Waals surface area contributed by atoms with Gasteiger partial charge in [-0.05, 0) is 28.9 Å². The van der Waals surface area contributed by atoms with E-state index in [0.717, 1.165) is 6.07 Å². The molecular formula is C14H19ClF2N2. The maximum Gasteiger partial charge on any atom is 0.165 e. The Balaban J connectivity index is 2.49. The third-order valence-electron chi connectivity index (χ3n) is 5.04. The molecule has 0 spiro atoms.